The van der Waals surface area contributed by atoms with Crippen LogP contribution in [-0.2, 0) is 0 Å². The fourth-order valence-electron chi connectivity index (χ4n) is 2.76. The van der Waals surface area contributed by atoms with Gasteiger partial charge < -0.3 is 10.2 Å². The lowest BCUT2D eigenvalue weighted by Gasteiger charge is -2.44. The van der Waals surface area contributed by atoms with Crippen LogP contribution in [0.15, 0.2) is 16.6 Å². The molecule has 4 heteroatoms. The number of hydrogen-bond donors (Lipinski definition) is 1. The van der Waals surface area contributed by atoms with Crippen LogP contribution in [-0.4, -0.2) is 25.2 Å². The number of aryl methyl sites for hydroxylation is 1. The third-order valence-corrected chi connectivity index (χ3v) is 5.34. The molecule has 0 aromatic heterocycles. The van der Waals surface area contributed by atoms with Gasteiger partial charge in [0.25, 0.3) is 0 Å². The summed E-state index contributed by atoms with van der Waals surface area (Å²) in [7, 11) is 0. The van der Waals surface area contributed by atoms with Crippen LogP contribution in [0.5, 0.6) is 0 Å². The van der Waals surface area contributed by atoms with Crippen molar-refractivity contribution >= 4 is 33.2 Å². The standard InChI is InChI=1S/C15H22BrClN2/c1-4-15(5-2)10-19(7-6-18-15)14-9-13(17)11(3)8-12(14)16/h8-9,18H,4-7,10H2,1-3H3. The van der Waals surface area contributed by atoms with Crippen molar-refractivity contribution in [3.8, 4) is 0 Å². The van der Waals surface area contributed by atoms with Crippen LogP contribution in [0, 0.1) is 6.92 Å². The topological polar surface area (TPSA) is 15.3 Å². The lowest BCUT2D eigenvalue weighted by molar-refractivity contribution is 0.277. The van der Waals surface area contributed by atoms with Gasteiger partial charge in [-0.25, -0.2) is 0 Å². The van der Waals surface area contributed by atoms with E-state index in [2.05, 4.69) is 52.1 Å². The van der Waals surface area contributed by atoms with E-state index in [1.807, 2.05) is 6.92 Å². The lowest BCUT2D eigenvalue weighted by atomic mass is 9.90. The molecule has 106 valence electrons. The highest BCUT2D eigenvalue weighted by Crippen LogP contribution is 2.34. The average Bonchev–Trinajstić information content (AvgIpc) is 2.43. The summed E-state index contributed by atoms with van der Waals surface area (Å²) < 4.78 is 1.14. The molecule has 0 atom stereocenters. The summed E-state index contributed by atoms with van der Waals surface area (Å²) in [6.07, 6.45) is 2.30. The first-order valence-electron chi connectivity index (χ1n) is 6.97. The van der Waals surface area contributed by atoms with Crippen LogP contribution in [0.25, 0.3) is 0 Å². The zero-order valence-electron chi connectivity index (χ0n) is 11.9. The molecule has 2 rings (SSSR count). The molecule has 1 fully saturated rings. The molecule has 1 aliphatic rings. The van der Waals surface area contributed by atoms with Gasteiger partial charge in [0.1, 0.15) is 0 Å². The number of nitrogens with one attached hydrogen (secondary N) is 1. The van der Waals surface area contributed by atoms with E-state index in [0.717, 1.165) is 47.5 Å². The Morgan fingerprint density at radius 3 is 2.68 bits per heavy atom. The third-order valence-electron chi connectivity index (χ3n) is 4.30. The summed E-state index contributed by atoms with van der Waals surface area (Å²) in [5.74, 6) is 0. The second kappa shape index (κ2) is 6.02. The van der Waals surface area contributed by atoms with Gasteiger partial charge in [-0.1, -0.05) is 25.4 Å². The van der Waals surface area contributed by atoms with Gasteiger partial charge in [0.05, 0.1) is 5.69 Å². The maximum Gasteiger partial charge on any atom is 0.0526 e. The summed E-state index contributed by atoms with van der Waals surface area (Å²) >= 11 is 9.96. The normalized spacial score (nSPS) is 18.7. The largest absolute Gasteiger partial charge is 0.367 e. The van der Waals surface area contributed by atoms with E-state index in [4.69, 9.17) is 11.6 Å². The zero-order valence-corrected chi connectivity index (χ0v) is 14.2. The van der Waals surface area contributed by atoms with E-state index in [9.17, 15) is 0 Å². The molecule has 0 unspecified atom stereocenters. The minimum atomic E-state index is 0.231. The molecular formula is C15H22BrClN2. The van der Waals surface area contributed by atoms with Crippen LogP contribution in [0.2, 0.25) is 5.02 Å². The van der Waals surface area contributed by atoms with Gasteiger partial charge in [-0.2, -0.15) is 0 Å². The van der Waals surface area contributed by atoms with Gasteiger partial charge in [-0.15, -0.1) is 0 Å². The van der Waals surface area contributed by atoms with Gasteiger partial charge in [-0.05, 0) is 53.4 Å². The first kappa shape index (κ1) is 15.1. The highest BCUT2D eigenvalue weighted by atomic mass is 79.9. The molecular weight excluding hydrogens is 324 g/mol. The first-order chi connectivity index (χ1) is 9.01. The molecule has 0 amide bonds. The van der Waals surface area contributed by atoms with E-state index < -0.39 is 0 Å². The predicted octanol–water partition coefficient (Wildman–Crippen LogP) is 4.38. The molecule has 0 bridgehead atoms. The Kier molecular flexibility index (Phi) is 4.80. The number of anilines is 1. The molecule has 19 heavy (non-hydrogen) atoms. The number of hydrogen-bond acceptors (Lipinski definition) is 2. The van der Waals surface area contributed by atoms with Crippen molar-refractivity contribution in [3.63, 3.8) is 0 Å². The highest BCUT2D eigenvalue weighted by molar-refractivity contribution is 9.10. The van der Waals surface area contributed by atoms with Crippen LogP contribution < -0.4 is 10.2 Å². The fraction of sp³-hybridized carbons (Fsp3) is 0.600. The Morgan fingerprint density at radius 1 is 1.37 bits per heavy atom. The molecule has 1 aromatic carbocycles. The number of benzene rings is 1. The number of nitrogens with zero attached hydrogens (tertiary/aromatic N) is 1. The van der Waals surface area contributed by atoms with E-state index in [0.29, 0.717) is 0 Å². The SMILES string of the molecule is CCC1(CC)CN(c2cc(Cl)c(C)cc2Br)CCN1. The molecule has 0 spiro atoms. The highest BCUT2D eigenvalue weighted by Gasteiger charge is 2.32. The second-order valence-corrected chi connectivity index (χ2v) is 6.65. The van der Waals surface area contributed by atoms with Gasteiger partial charge in [0, 0.05) is 34.7 Å². The predicted molar refractivity (Wildman–Crippen MR) is 87.4 cm³/mol. The number of halogens is 2. The second-order valence-electron chi connectivity index (χ2n) is 5.39. The molecule has 1 aliphatic heterocycles. The average molecular weight is 346 g/mol. The third kappa shape index (κ3) is 3.09. The molecule has 1 aromatic rings. The Bertz CT molecular complexity index is 458. The van der Waals surface area contributed by atoms with Crippen LogP contribution >= 0.6 is 27.5 Å². The molecule has 2 nitrogen and oxygen atoms in total. The molecule has 0 aliphatic carbocycles. The molecule has 1 saturated heterocycles. The maximum absolute atomic E-state index is 6.28. The van der Waals surface area contributed by atoms with Crippen molar-refractivity contribution in [1.29, 1.82) is 0 Å². The van der Waals surface area contributed by atoms with Gasteiger partial charge >= 0.3 is 0 Å². The van der Waals surface area contributed by atoms with Crippen molar-refractivity contribution < 1.29 is 0 Å². The summed E-state index contributed by atoms with van der Waals surface area (Å²) in [6, 6.07) is 4.20. The Hall–Kier alpha value is -0.250. The minimum absolute atomic E-state index is 0.231. The zero-order chi connectivity index (χ0) is 14.0. The van der Waals surface area contributed by atoms with E-state index >= 15 is 0 Å². The first-order valence-corrected chi connectivity index (χ1v) is 8.14. The Morgan fingerprint density at radius 2 is 2.05 bits per heavy atom. The van der Waals surface area contributed by atoms with E-state index in [1.165, 1.54) is 5.69 Å². The smallest absolute Gasteiger partial charge is 0.0526 e. The summed E-state index contributed by atoms with van der Waals surface area (Å²) in [6.45, 7) is 9.66. The fourth-order valence-corrected chi connectivity index (χ4v) is 3.63. The summed E-state index contributed by atoms with van der Waals surface area (Å²) in [5, 5.41) is 4.53. The lowest BCUT2D eigenvalue weighted by Crippen LogP contribution is -2.60. The number of rotatable bonds is 3. The van der Waals surface area contributed by atoms with Crippen molar-refractivity contribution in [2.45, 2.75) is 39.2 Å². The van der Waals surface area contributed by atoms with Crippen LogP contribution in [0.4, 0.5) is 5.69 Å². The number of piperazine rings is 1. The minimum Gasteiger partial charge on any atom is -0.367 e. The van der Waals surface area contributed by atoms with E-state index in [-0.39, 0.29) is 5.54 Å². The van der Waals surface area contributed by atoms with Gasteiger partial charge in [0.2, 0.25) is 0 Å². The molecule has 0 saturated carbocycles. The summed E-state index contributed by atoms with van der Waals surface area (Å²) in [5.41, 5.74) is 2.56. The van der Waals surface area contributed by atoms with Gasteiger partial charge in [0.15, 0.2) is 0 Å². The monoisotopic (exact) mass is 344 g/mol. The Balaban J connectivity index is 2.29. The molecule has 1 N–H and O–H groups in total. The maximum atomic E-state index is 6.28. The molecule has 0 radical (unpaired) electrons. The van der Waals surface area contributed by atoms with Crippen molar-refractivity contribution in [1.82, 2.24) is 5.32 Å². The Labute approximate surface area is 129 Å². The quantitative estimate of drug-likeness (QED) is 0.874. The summed E-state index contributed by atoms with van der Waals surface area (Å²) in [4.78, 5) is 2.44. The van der Waals surface area contributed by atoms with Crippen molar-refractivity contribution in [2.24, 2.45) is 0 Å². The van der Waals surface area contributed by atoms with Gasteiger partial charge in [-0.3, -0.25) is 0 Å². The van der Waals surface area contributed by atoms with Crippen LogP contribution in [0.1, 0.15) is 32.3 Å². The van der Waals surface area contributed by atoms with Crippen LogP contribution in [0.3, 0.4) is 0 Å². The van der Waals surface area contributed by atoms with Crippen molar-refractivity contribution in [3.05, 3.63) is 27.2 Å². The van der Waals surface area contributed by atoms with E-state index in [1.54, 1.807) is 0 Å². The molecule has 1 heterocycles. The van der Waals surface area contributed by atoms with Crippen molar-refractivity contribution in [2.75, 3.05) is 24.5 Å².